The van der Waals surface area contributed by atoms with Crippen molar-refractivity contribution in [3.63, 3.8) is 0 Å². The minimum Gasteiger partial charge on any atom is -0.385 e. The lowest BCUT2D eigenvalue weighted by Gasteiger charge is -2.26. The van der Waals surface area contributed by atoms with Crippen LogP contribution in [0.5, 0.6) is 0 Å². The second kappa shape index (κ2) is 5.85. The van der Waals surface area contributed by atoms with E-state index in [9.17, 15) is 13.5 Å². The van der Waals surface area contributed by atoms with Crippen LogP contribution in [-0.4, -0.2) is 20.9 Å². The summed E-state index contributed by atoms with van der Waals surface area (Å²) in [7, 11) is -3.41. The van der Waals surface area contributed by atoms with E-state index in [-0.39, 0.29) is 5.75 Å². The van der Waals surface area contributed by atoms with E-state index >= 15 is 0 Å². The number of halogens is 3. The van der Waals surface area contributed by atoms with E-state index in [1.165, 1.54) is 0 Å². The smallest absolute Gasteiger partial charge is 0.207 e. The average molecular weight is 498 g/mol. The molecule has 0 saturated carbocycles. The Labute approximate surface area is 131 Å². The standard InChI is InChI=1S/C10H11Br2IO3S/c1-2-17(15,16)10(12,13)9(14)7-3-5-8(11)6-4-7/h3-6,9,14H,2H2,1H3/t9-,10-/m1/s1. The average Bonchev–Trinajstić information content (AvgIpc) is 2.28. The van der Waals surface area contributed by atoms with Crippen LogP contribution >= 0.6 is 54.5 Å². The number of sulfone groups is 1. The molecule has 0 aliphatic carbocycles. The number of aliphatic hydroxyl groups is 1. The lowest BCUT2D eigenvalue weighted by atomic mass is 10.1. The van der Waals surface area contributed by atoms with E-state index in [1.54, 1.807) is 53.8 Å². The molecule has 0 aromatic heterocycles. The van der Waals surface area contributed by atoms with Crippen LogP contribution in [0.4, 0.5) is 0 Å². The maximum Gasteiger partial charge on any atom is 0.207 e. The Morgan fingerprint density at radius 1 is 1.41 bits per heavy atom. The minimum absolute atomic E-state index is 0.0330. The Balaban J connectivity index is 3.12. The first-order valence-electron chi connectivity index (χ1n) is 4.76. The van der Waals surface area contributed by atoms with E-state index < -0.39 is 17.6 Å². The molecule has 0 bridgehead atoms. The zero-order valence-corrected chi connectivity index (χ0v) is 15.0. The third-order valence-electron chi connectivity index (χ3n) is 2.30. The minimum atomic E-state index is -3.41. The molecule has 0 heterocycles. The first-order valence-corrected chi connectivity index (χ1v) is 9.07. The van der Waals surface area contributed by atoms with Crippen LogP contribution in [0.25, 0.3) is 0 Å². The lowest BCUT2D eigenvalue weighted by molar-refractivity contribution is 0.191. The molecule has 7 heteroatoms. The van der Waals surface area contributed by atoms with Gasteiger partial charge in [0.05, 0.1) is 0 Å². The number of hydrogen-bond acceptors (Lipinski definition) is 3. The highest BCUT2D eigenvalue weighted by molar-refractivity contribution is 14.1. The van der Waals surface area contributed by atoms with Crippen molar-refractivity contribution in [2.75, 3.05) is 5.75 Å². The van der Waals surface area contributed by atoms with Crippen LogP contribution in [0.15, 0.2) is 28.7 Å². The summed E-state index contributed by atoms with van der Waals surface area (Å²) in [6, 6.07) is 6.90. The van der Waals surface area contributed by atoms with Gasteiger partial charge in [0.15, 0.2) is 9.84 Å². The zero-order valence-electron chi connectivity index (χ0n) is 8.90. The van der Waals surface area contributed by atoms with Crippen molar-refractivity contribution in [1.82, 2.24) is 0 Å². The van der Waals surface area contributed by atoms with Gasteiger partial charge in [-0.2, -0.15) is 0 Å². The van der Waals surface area contributed by atoms with Crippen molar-refractivity contribution in [2.24, 2.45) is 0 Å². The van der Waals surface area contributed by atoms with Gasteiger partial charge in [-0.05, 0) is 40.3 Å². The van der Waals surface area contributed by atoms with E-state index in [2.05, 4.69) is 31.9 Å². The topological polar surface area (TPSA) is 54.4 Å². The summed E-state index contributed by atoms with van der Waals surface area (Å²) in [5, 5.41) is 10.2. The van der Waals surface area contributed by atoms with Gasteiger partial charge in [0, 0.05) is 10.2 Å². The molecule has 0 spiro atoms. The lowest BCUT2D eigenvalue weighted by Crippen LogP contribution is -2.33. The molecule has 1 aromatic rings. The number of aliphatic hydroxyl groups excluding tert-OH is 1. The molecule has 3 nitrogen and oxygen atoms in total. The van der Waals surface area contributed by atoms with Crippen LogP contribution in [0.2, 0.25) is 0 Å². The quantitative estimate of drug-likeness (QED) is 0.512. The van der Waals surface area contributed by atoms with Gasteiger partial charge in [0.1, 0.15) is 6.10 Å². The maximum absolute atomic E-state index is 11.9. The van der Waals surface area contributed by atoms with Gasteiger partial charge < -0.3 is 5.11 Å². The number of alkyl halides is 2. The number of hydrogen-bond donors (Lipinski definition) is 1. The molecule has 1 aromatic carbocycles. The second-order valence-electron chi connectivity index (χ2n) is 3.42. The fourth-order valence-corrected chi connectivity index (χ4v) is 4.57. The van der Waals surface area contributed by atoms with E-state index in [1.807, 2.05) is 0 Å². The van der Waals surface area contributed by atoms with Gasteiger partial charge in [0.2, 0.25) is 1.66 Å². The summed E-state index contributed by atoms with van der Waals surface area (Å²) in [6.07, 6.45) is -1.12. The first kappa shape index (κ1) is 15.9. The SMILES string of the molecule is CCS(=O)(=O)[C@](Br)(I)[C@H](O)c1ccc(Br)cc1. The Morgan fingerprint density at radius 3 is 2.29 bits per heavy atom. The van der Waals surface area contributed by atoms with Gasteiger partial charge >= 0.3 is 0 Å². The Bertz CT molecular complexity index is 485. The second-order valence-corrected chi connectivity index (χ2v) is 12.5. The zero-order chi connectivity index (χ0) is 13.3. The summed E-state index contributed by atoms with van der Waals surface area (Å²) in [5.41, 5.74) is 0.552. The third-order valence-corrected chi connectivity index (χ3v) is 9.16. The maximum atomic E-state index is 11.9. The predicted octanol–water partition coefficient (Wildman–Crippen LogP) is 3.40. The van der Waals surface area contributed by atoms with E-state index in [0.717, 1.165) is 4.47 Å². The monoisotopic (exact) mass is 496 g/mol. The molecule has 0 aliphatic heterocycles. The van der Waals surface area contributed by atoms with Crippen LogP contribution in [0.3, 0.4) is 0 Å². The first-order chi connectivity index (χ1) is 7.72. The molecule has 0 unspecified atom stereocenters. The van der Waals surface area contributed by atoms with Gasteiger partial charge in [-0.3, -0.25) is 0 Å². The molecule has 2 atom stereocenters. The fraction of sp³-hybridized carbons (Fsp3) is 0.400. The highest BCUT2D eigenvalue weighted by atomic mass is 127. The normalized spacial score (nSPS) is 17.5. The molecule has 17 heavy (non-hydrogen) atoms. The molecule has 0 amide bonds. The highest BCUT2D eigenvalue weighted by Crippen LogP contribution is 2.45. The Morgan fingerprint density at radius 2 is 1.88 bits per heavy atom. The summed E-state index contributed by atoms with van der Waals surface area (Å²) in [6.45, 7) is 1.55. The van der Waals surface area contributed by atoms with Gasteiger partial charge in [-0.1, -0.05) is 50.9 Å². The molecule has 0 saturated heterocycles. The molecular weight excluding hydrogens is 487 g/mol. The summed E-state index contributed by atoms with van der Waals surface area (Å²) in [5.74, 6) is -0.0330. The molecule has 0 radical (unpaired) electrons. The fourth-order valence-electron chi connectivity index (χ4n) is 1.20. The van der Waals surface area contributed by atoms with Gasteiger partial charge in [-0.25, -0.2) is 8.42 Å². The summed E-state index contributed by atoms with van der Waals surface area (Å²) in [4.78, 5) is 0. The molecule has 1 rings (SSSR count). The van der Waals surface area contributed by atoms with E-state index in [4.69, 9.17) is 0 Å². The van der Waals surface area contributed by atoms with Gasteiger partial charge in [0.25, 0.3) is 0 Å². The van der Waals surface area contributed by atoms with Crippen LogP contribution in [-0.2, 0) is 9.84 Å². The molecule has 96 valence electrons. The summed E-state index contributed by atoms with van der Waals surface area (Å²) < 4.78 is 23.2. The van der Waals surface area contributed by atoms with Crippen molar-refractivity contribution < 1.29 is 13.5 Å². The third kappa shape index (κ3) is 3.43. The van der Waals surface area contributed by atoms with Crippen LogP contribution < -0.4 is 0 Å². The van der Waals surface area contributed by atoms with Crippen molar-refractivity contribution in [3.8, 4) is 0 Å². The molecular formula is C10H11Br2IO3S. The molecule has 1 N–H and O–H groups in total. The number of benzene rings is 1. The highest BCUT2D eigenvalue weighted by Gasteiger charge is 2.44. The summed E-state index contributed by atoms with van der Waals surface area (Å²) >= 11 is 8.13. The predicted molar refractivity (Wildman–Crippen MR) is 84.2 cm³/mol. The van der Waals surface area contributed by atoms with Crippen LogP contribution in [0.1, 0.15) is 18.6 Å². The van der Waals surface area contributed by atoms with Crippen molar-refractivity contribution in [2.45, 2.75) is 14.7 Å². The largest absolute Gasteiger partial charge is 0.385 e. The number of rotatable bonds is 4. The van der Waals surface area contributed by atoms with Crippen LogP contribution in [0, 0.1) is 0 Å². The van der Waals surface area contributed by atoms with Crippen molar-refractivity contribution in [1.29, 1.82) is 0 Å². The Kier molecular flexibility index (Phi) is 5.47. The molecule has 0 fully saturated rings. The Hall–Kier alpha value is 0.820. The molecule has 0 aliphatic rings. The van der Waals surface area contributed by atoms with Crippen molar-refractivity contribution in [3.05, 3.63) is 34.3 Å². The van der Waals surface area contributed by atoms with Gasteiger partial charge in [-0.15, -0.1) is 0 Å². The van der Waals surface area contributed by atoms with Crippen molar-refractivity contribution >= 4 is 64.3 Å². The van der Waals surface area contributed by atoms with E-state index in [0.29, 0.717) is 5.56 Å².